The molecular formula is C10H7N3O3S. The van der Waals surface area contributed by atoms with Crippen molar-refractivity contribution in [3.8, 4) is 0 Å². The molecule has 7 heteroatoms. The number of sulfone groups is 1. The SMILES string of the molecule is O=Cc1cccnc1S(=O)(=O)c1cnccn1. The highest BCUT2D eigenvalue weighted by Gasteiger charge is 2.23. The topological polar surface area (TPSA) is 89.9 Å². The fourth-order valence-corrected chi connectivity index (χ4v) is 2.46. The van der Waals surface area contributed by atoms with Gasteiger partial charge in [0.15, 0.2) is 16.3 Å². The Morgan fingerprint density at radius 2 is 1.94 bits per heavy atom. The Morgan fingerprint density at radius 3 is 2.59 bits per heavy atom. The molecule has 86 valence electrons. The molecule has 0 aliphatic carbocycles. The van der Waals surface area contributed by atoms with Crippen LogP contribution in [0.25, 0.3) is 0 Å². The zero-order valence-corrected chi connectivity index (χ0v) is 9.33. The first-order chi connectivity index (χ1) is 8.16. The lowest BCUT2D eigenvalue weighted by atomic mass is 10.3. The molecule has 0 radical (unpaired) electrons. The monoisotopic (exact) mass is 249 g/mol. The summed E-state index contributed by atoms with van der Waals surface area (Å²) in [5, 5.41) is -0.544. The van der Waals surface area contributed by atoms with Crippen LogP contribution < -0.4 is 0 Å². The van der Waals surface area contributed by atoms with E-state index in [1.807, 2.05) is 0 Å². The van der Waals surface area contributed by atoms with E-state index in [1.54, 1.807) is 0 Å². The van der Waals surface area contributed by atoms with Gasteiger partial charge in [0.2, 0.25) is 9.84 Å². The number of aldehydes is 1. The Balaban J connectivity index is 2.65. The van der Waals surface area contributed by atoms with Crippen LogP contribution in [0.3, 0.4) is 0 Å². The quantitative estimate of drug-likeness (QED) is 0.736. The standard InChI is InChI=1S/C10H7N3O3S/c14-7-8-2-1-3-13-10(8)17(15,16)9-6-11-4-5-12-9/h1-7H. The maximum Gasteiger partial charge on any atom is 0.243 e. The molecule has 0 spiro atoms. The van der Waals surface area contributed by atoms with Gasteiger partial charge in [-0.05, 0) is 12.1 Å². The molecular weight excluding hydrogens is 242 g/mol. The van der Waals surface area contributed by atoms with E-state index in [0.29, 0.717) is 6.29 Å². The minimum Gasteiger partial charge on any atom is -0.298 e. The summed E-state index contributed by atoms with van der Waals surface area (Å²) in [5.41, 5.74) is -0.00171. The van der Waals surface area contributed by atoms with Gasteiger partial charge in [-0.3, -0.25) is 9.78 Å². The molecule has 0 unspecified atom stereocenters. The molecule has 2 aromatic heterocycles. The van der Waals surface area contributed by atoms with E-state index in [0.717, 1.165) is 6.20 Å². The van der Waals surface area contributed by atoms with Crippen molar-refractivity contribution >= 4 is 16.1 Å². The van der Waals surface area contributed by atoms with Gasteiger partial charge in [-0.2, -0.15) is 0 Å². The summed E-state index contributed by atoms with van der Waals surface area (Å²) in [6.07, 6.45) is 5.47. The van der Waals surface area contributed by atoms with Crippen LogP contribution in [-0.4, -0.2) is 29.7 Å². The van der Waals surface area contributed by atoms with Crippen molar-refractivity contribution in [1.82, 2.24) is 15.0 Å². The Bertz CT molecular complexity index is 641. The van der Waals surface area contributed by atoms with Crippen molar-refractivity contribution in [1.29, 1.82) is 0 Å². The minimum absolute atomic E-state index is 0.00171. The number of nitrogens with zero attached hydrogens (tertiary/aromatic N) is 3. The van der Waals surface area contributed by atoms with Gasteiger partial charge in [-0.25, -0.2) is 18.4 Å². The van der Waals surface area contributed by atoms with Gasteiger partial charge in [-0.1, -0.05) is 0 Å². The van der Waals surface area contributed by atoms with Crippen LogP contribution in [0.1, 0.15) is 10.4 Å². The van der Waals surface area contributed by atoms with Crippen molar-refractivity contribution in [2.45, 2.75) is 10.1 Å². The third-order valence-electron chi connectivity index (χ3n) is 2.00. The average molecular weight is 249 g/mol. The first-order valence-electron chi connectivity index (χ1n) is 4.57. The second kappa shape index (κ2) is 4.38. The fraction of sp³-hybridized carbons (Fsp3) is 0. The zero-order valence-electron chi connectivity index (χ0n) is 8.52. The second-order valence-electron chi connectivity index (χ2n) is 3.06. The van der Waals surface area contributed by atoms with Crippen molar-refractivity contribution in [2.24, 2.45) is 0 Å². The highest BCUT2D eigenvalue weighted by Crippen LogP contribution is 2.18. The number of carbonyl (C=O) groups excluding carboxylic acids is 1. The number of carbonyl (C=O) groups is 1. The van der Waals surface area contributed by atoms with Crippen molar-refractivity contribution in [3.63, 3.8) is 0 Å². The van der Waals surface area contributed by atoms with E-state index >= 15 is 0 Å². The number of hydrogen-bond acceptors (Lipinski definition) is 6. The molecule has 0 saturated heterocycles. The lowest BCUT2D eigenvalue weighted by Gasteiger charge is -2.03. The number of hydrogen-bond donors (Lipinski definition) is 0. The first kappa shape index (κ1) is 11.3. The highest BCUT2D eigenvalue weighted by atomic mass is 32.2. The van der Waals surface area contributed by atoms with E-state index in [-0.39, 0.29) is 15.6 Å². The van der Waals surface area contributed by atoms with Gasteiger partial charge in [0.05, 0.1) is 11.8 Å². The van der Waals surface area contributed by atoms with Gasteiger partial charge in [0, 0.05) is 18.6 Å². The van der Waals surface area contributed by atoms with E-state index < -0.39 is 9.84 Å². The summed E-state index contributed by atoms with van der Waals surface area (Å²) in [6.45, 7) is 0. The third kappa shape index (κ3) is 2.04. The summed E-state index contributed by atoms with van der Waals surface area (Å²) in [7, 11) is -3.90. The molecule has 0 N–H and O–H groups in total. The van der Waals surface area contributed by atoms with Crippen molar-refractivity contribution in [2.75, 3.05) is 0 Å². The molecule has 0 saturated carbocycles. The van der Waals surface area contributed by atoms with Crippen LogP contribution >= 0.6 is 0 Å². The van der Waals surface area contributed by atoms with Gasteiger partial charge in [-0.15, -0.1) is 0 Å². The van der Waals surface area contributed by atoms with Gasteiger partial charge in [0.1, 0.15) is 0 Å². The van der Waals surface area contributed by atoms with Crippen molar-refractivity contribution < 1.29 is 13.2 Å². The smallest absolute Gasteiger partial charge is 0.243 e. The predicted molar refractivity (Wildman–Crippen MR) is 57.1 cm³/mol. The summed E-state index contributed by atoms with van der Waals surface area (Å²) in [5.74, 6) is 0. The van der Waals surface area contributed by atoms with Crippen LogP contribution in [0, 0.1) is 0 Å². The first-order valence-corrected chi connectivity index (χ1v) is 6.06. The molecule has 0 atom stereocenters. The second-order valence-corrected chi connectivity index (χ2v) is 4.87. The summed E-state index contributed by atoms with van der Waals surface area (Å²) in [4.78, 5) is 21.8. The largest absolute Gasteiger partial charge is 0.298 e. The predicted octanol–water partition coefficient (Wildman–Crippen LogP) is 0.517. The van der Waals surface area contributed by atoms with Gasteiger partial charge >= 0.3 is 0 Å². The lowest BCUT2D eigenvalue weighted by Crippen LogP contribution is -2.09. The Hall–Kier alpha value is -2.15. The minimum atomic E-state index is -3.90. The van der Waals surface area contributed by atoms with Crippen LogP contribution in [0.15, 0.2) is 47.0 Å². The van der Waals surface area contributed by atoms with Crippen LogP contribution in [0.5, 0.6) is 0 Å². The molecule has 6 nitrogen and oxygen atoms in total. The molecule has 0 aliphatic heterocycles. The van der Waals surface area contributed by atoms with E-state index in [9.17, 15) is 13.2 Å². The number of pyridine rings is 1. The molecule has 2 heterocycles. The maximum absolute atomic E-state index is 12.1. The average Bonchev–Trinajstić information content (AvgIpc) is 2.39. The van der Waals surface area contributed by atoms with E-state index in [2.05, 4.69) is 15.0 Å². The molecule has 0 bridgehead atoms. The lowest BCUT2D eigenvalue weighted by molar-refractivity contribution is 0.112. The number of aromatic nitrogens is 3. The van der Waals surface area contributed by atoms with Crippen LogP contribution in [0.2, 0.25) is 0 Å². The molecule has 2 rings (SSSR count). The molecule has 0 fully saturated rings. The van der Waals surface area contributed by atoms with Crippen LogP contribution in [0.4, 0.5) is 0 Å². The molecule has 0 aromatic carbocycles. The Morgan fingerprint density at radius 1 is 1.12 bits per heavy atom. The summed E-state index contributed by atoms with van der Waals surface area (Å²) < 4.78 is 24.2. The van der Waals surface area contributed by atoms with Gasteiger partial charge < -0.3 is 0 Å². The summed E-state index contributed by atoms with van der Waals surface area (Å²) >= 11 is 0. The Kier molecular flexibility index (Phi) is 2.92. The zero-order chi connectivity index (χ0) is 12.3. The highest BCUT2D eigenvalue weighted by molar-refractivity contribution is 7.91. The molecule has 17 heavy (non-hydrogen) atoms. The van der Waals surface area contributed by atoms with Crippen molar-refractivity contribution in [3.05, 3.63) is 42.5 Å². The van der Waals surface area contributed by atoms with Gasteiger partial charge in [0.25, 0.3) is 0 Å². The molecule has 0 aliphatic rings. The van der Waals surface area contributed by atoms with E-state index in [1.165, 1.54) is 30.7 Å². The fourth-order valence-electron chi connectivity index (χ4n) is 1.24. The maximum atomic E-state index is 12.1. The molecule has 0 amide bonds. The Labute approximate surface area is 97.3 Å². The number of rotatable bonds is 3. The summed E-state index contributed by atoms with van der Waals surface area (Å²) in [6, 6.07) is 2.86. The van der Waals surface area contributed by atoms with Crippen LogP contribution in [-0.2, 0) is 9.84 Å². The third-order valence-corrected chi connectivity index (χ3v) is 3.61. The van der Waals surface area contributed by atoms with E-state index in [4.69, 9.17) is 0 Å². The molecule has 2 aromatic rings. The normalized spacial score (nSPS) is 11.1.